The monoisotopic (exact) mass is 335 g/mol. The SMILES string of the molecule is O=C(Cc1cc(Cl)c2c(c1)OCCCO2)NCCn1ccnc1. The molecule has 0 atom stereocenters. The summed E-state index contributed by atoms with van der Waals surface area (Å²) in [4.78, 5) is 16.0. The molecule has 0 saturated heterocycles. The molecule has 0 aliphatic carbocycles. The maximum absolute atomic E-state index is 12.0. The number of fused-ring (bicyclic) bond motifs is 1. The van der Waals surface area contributed by atoms with E-state index in [1.807, 2.05) is 16.8 Å². The van der Waals surface area contributed by atoms with Crippen LogP contribution >= 0.6 is 11.6 Å². The lowest BCUT2D eigenvalue weighted by Crippen LogP contribution is -2.28. The van der Waals surface area contributed by atoms with Gasteiger partial charge >= 0.3 is 0 Å². The number of rotatable bonds is 5. The lowest BCUT2D eigenvalue weighted by molar-refractivity contribution is -0.120. The summed E-state index contributed by atoms with van der Waals surface area (Å²) < 4.78 is 13.1. The molecule has 0 fully saturated rings. The van der Waals surface area contributed by atoms with Crippen molar-refractivity contribution in [3.63, 3.8) is 0 Å². The van der Waals surface area contributed by atoms with Crippen molar-refractivity contribution in [3.05, 3.63) is 41.4 Å². The Balaban J connectivity index is 1.57. The summed E-state index contributed by atoms with van der Waals surface area (Å²) in [5, 5.41) is 3.36. The third-order valence-electron chi connectivity index (χ3n) is 3.48. The Labute approximate surface area is 139 Å². The lowest BCUT2D eigenvalue weighted by Gasteiger charge is -2.12. The van der Waals surface area contributed by atoms with Gasteiger partial charge in [-0.05, 0) is 17.7 Å². The summed E-state index contributed by atoms with van der Waals surface area (Å²) in [7, 11) is 0. The zero-order valence-corrected chi connectivity index (χ0v) is 13.4. The molecule has 1 aromatic carbocycles. The molecule has 1 amide bonds. The number of carbonyl (C=O) groups excluding carboxylic acids is 1. The Bertz CT molecular complexity index is 673. The summed E-state index contributed by atoms with van der Waals surface area (Å²) in [6.07, 6.45) is 6.35. The molecular weight excluding hydrogens is 318 g/mol. The van der Waals surface area contributed by atoms with Gasteiger partial charge in [-0.25, -0.2) is 4.98 Å². The zero-order valence-electron chi connectivity index (χ0n) is 12.6. The van der Waals surface area contributed by atoms with Gasteiger partial charge in [0.1, 0.15) is 0 Å². The maximum atomic E-state index is 12.0. The van der Waals surface area contributed by atoms with Crippen molar-refractivity contribution in [2.24, 2.45) is 0 Å². The fourth-order valence-electron chi connectivity index (χ4n) is 2.38. The highest BCUT2D eigenvalue weighted by Gasteiger charge is 2.16. The third kappa shape index (κ3) is 4.16. The average Bonchev–Trinajstić information content (AvgIpc) is 2.91. The number of halogens is 1. The number of hydrogen-bond donors (Lipinski definition) is 1. The van der Waals surface area contributed by atoms with E-state index in [1.165, 1.54) is 0 Å². The highest BCUT2D eigenvalue weighted by Crippen LogP contribution is 2.38. The average molecular weight is 336 g/mol. The highest BCUT2D eigenvalue weighted by molar-refractivity contribution is 6.32. The van der Waals surface area contributed by atoms with E-state index >= 15 is 0 Å². The predicted molar refractivity (Wildman–Crippen MR) is 86.0 cm³/mol. The van der Waals surface area contributed by atoms with Gasteiger partial charge in [0, 0.05) is 31.9 Å². The highest BCUT2D eigenvalue weighted by atomic mass is 35.5. The van der Waals surface area contributed by atoms with Crippen molar-refractivity contribution in [2.75, 3.05) is 19.8 Å². The van der Waals surface area contributed by atoms with Crippen LogP contribution in [0.15, 0.2) is 30.9 Å². The Kier molecular flexibility index (Phi) is 5.02. The van der Waals surface area contributed by atoms with Crippen LogP contribution in [0.4, 0.5) is 0 Å². The molecule has 0 bridgehead atoms. The van der Waals surface area contributed by atoms with E-state index < -0.39 is 0 Å². The Morgan fingerprint density at radius 2 is 2.22 bits per heavy atom. The van der Waals surface area contributed by atoms with E-state index in [-0.39, 0.29) is 12.3 Å². The van der Waals surface area contributed by atoms with Gasteiger partial charge in [0.15, 0.2) is 11.5 Å². The molecule has 23 heavy (non-hydrogen) atoms. The van der Waals surface area contributed by atoms with Gasteiger partial charge in [-0.3, -0.25) is 4.79 Å². The van der Waals surface area contributed by atoms with Crippen molar-refractivity contribution in [1.29, 1.82) is 0 Å². The van der Waals surface area contributed by atoms with Crippen LogP contribution < -0.4 is 14.8 Å². The Morgan fingerprint density at radius 1 is 1.35 bits per heavy atom. The quantitative estimate of drug-likeness (QED) is 0.908. The van der Waals surface area contributed by atoms with Crippen LogP contribution in [0.5, 0.6) is 11.5 Å². The number of carbonyl (C=O) groups is 1. The lowest BCUT2D eigenvalue weighted by atomic mass is 10.1. The van der Waals surface area contributed by atoms with Crippen molar-refractivity contribution < 1.29 is 14.3 Å². The van der Waals surface area contributed by atoms with Crippen LogP contribution in [0.2, 0.25) is 5.02 Å². The number of nitrogens with one attached hydrogen (secondary N) is 1. The molecule has 2 heterocycles. The number of imidazole rings is 1. The first kappa shape index (κ1) is 15.7. The first-order valence-electron chi connectivity index (χ1n) is 7.53. The number of ether oxygens (including phenoxy) is 2. The second-order valence-corrected chi connectivity index (χ2v) is 5.69. The van der Waals surface area contributed by atoms with Crippen molar-refractivity contribution in [1.82, 2.24) is 14.9 Å². The summed E-state index contributed by atoms with van der Waals surface area (Å²) in [6.45, 7) is 2.41. The smallest absolute Gasteiger partial charge is 0.224 e. The van der Waals surface area contributed by atoms with E-state index in [0.29, 0.717) is 42.8 Å². The molecular formula is C16H18ClN3O3. The minimum Gasteiger partial charge on any atom is -0.489 e. The summed E-state index contributed by atoms with van der Waals surface area (Å²) in [5.74, 6) is 1.11. The van der Waals surface area contributed by atoms with Crippen molar-refractivity contribution in [2.45, 2.75) is 19.4 Å². The minimum atomic E-state index is -0.0596. The van der Waals surface area contributed by atoms with E-state index in [4.69, 9.17) is 21.1 Å². The molecule has 122 valence electrons. The molecule has 2 aromatic rings. The van der Waals surface area contributed by atoms with Gasteiger partial charge in [-0.1, -0.05) is 11.6 Å². The number of amides is 1. The molecule has 0 saturated carbocycles. The molecule has 0 spiro atoms. The maximum Gasteiger partial charge on any atom is 0.224 e. The molecule has 1 aliphatic rings. The third-order valence-corrected chi connectivity index (χ3v) is 3.76. The number of nitrogens with zero attached hydrogens (tertiary/aromatic N) is 2. The summed E-state index contributed by atoms with van der Waals surface area (Å²) >= 11 is 6.23. The Hall–Kier alpha value is -2.21. The molecule has 6 nitrogen and oxygen atoms in total. The fourth-order valence-corrected chi connectivity index (χ4v) is 2.67. The molecule has 1 N–H and O–H groups in total. The van der Waals surface area contributed by atoms with E-state index in [1.54, 1.807) is 18.6 Å². The van der Waals surface area contributed by atoms with Gasteiger partial charge in [-0.2, -0.15) is 0 Å². The van der Waals surface area contributed by atoms with Crippen LogP contribution in [-0.4, -0.2) is 35.2 Å². The summed E-state index contributed by atoms with van der Waals surface area (Å²) in [5.41, 5.74) is 0.805. The van der Waals surface area contributed by atoms with Crippen molar-refractivity contribution in [3.8, 4) is 11.5 Å². The zero-order chi connectivity index (χ0) is 16.1. The molecule has 0 radical (unpaired) electrons. The largest absolute Gasteiger partial charge is 0.489 e. The second-order valence-electron chi connectivity index (χ2n) is 5.28. The molecule has 1 aromatic heterocycles. The fraction of sp³-hybridized carbons (Fsp3) is 0.375. The van der Waals surface area contributed by atoms with E-state index in [2.05, 4.69) is 10.3 Å². The van der Waals surface area contributed by atoms with Crippen molar-refractivity contribution >= 4 is 17.5 Å². The van der Waals surface area contributed by atoms with Gasteiger partial charge in [0.2, 0.25) is 5.91 Å². The Morgan fingerprint density at radius 3 is 3.04 bits per heavy atom. The molecule has 0 unspecified atom stereocenters. The van der Waals surface area contributed by atoms with E-state index in [0.717, 1.165) is 12.0 Å². The first-order valence-corrected chi connectivity index (χ1v) is 7.90. The van der Waals surface area contributed by atoms with Crippen LogP contribution in [0.25, 0.3) is 0 Å². The number of benzene rings is 1. The van der Waals surface area contributed by atoms with Crippen LogP contribution in [0.1, 0.15) is 12.0 Å². The normalized spacial score (nSPS) is 13.4. The van der Waals surface area contributed by atoms with Crippen LogP contribution in [0.3, 0.4) is 0 Å². The van der Waals surface area contributed by atoms with Gasteiger partial charge < -0.3 is 19.4 Å². The molecule has 1 aliphatic heterocycles. The molecule has 7 heteroatoms. The number of hydrogen-bond acceptors (Lipinski definition) is 4. The predicted octanol–water partition coefficient (Wildman–Crippen LogP) is 2.06. The minimum absolute atomic E-state index is 0.0596. The van der Waals surface area contributed by atoms with Crippen LogP contribution in [0, 0.1) is 0 Å². The summed E-state index contributed by atoms with van der Waals surface area (Å²) in [6, 6.07) is 3.58. The van der Waals surface area contributed by atoms with Gasteiger partial charge in [-0.15, -0.1) is 0 Å². The first-order chi connectivity index (χ1) is 11.2. The van der Waals surface area contributed by atoms with Gasteiger partial charge in [0.25, 0.3) is 0 Å². The van der Waals surface area contributed by atoms with Gasteiger partial charge in [0.05, 0.1) is 31.0 Å². The molecule has 3 rings (SSSR count). The van der Waals surface area contributed by atoms with E-state index in [9.17, 15) is 4.79 Å². The number of aromatic nitrogens is 2. The van der Waals surface area contributed by atoms with Crippen LogP contribution in [-0.2, 0) is 17.8 Å². The topological polar surface area (TPSA) is 65.4 Å². The second kappa shape index (κ2) is 7.37. The standard InChI is InChI=1S/C16H18ClN3O3/c17-13-8-12(9-14-16(13)23-7-1-6-22-14)10-15(21)19-3-5-20-4-2-18-11-20/h2,4,8-9,11H,1,3,5-7,10H2,(H,19,21).